The summed E-state index contributed by atoms with van der Waals surface area (Å²) in [5.41, 5.74) is 1.06. The lowest BCUT2D eigenvalue weighted by Crippen LogP contribution is -1.74. The van der Waals surface area contributed by atoms with Crippen molar-refractivity contribution in [2.75, 3.05) is 0 Å². The van der Waals surface area contributed by atoms with Crippen LogP contribution in [0.2, 0.25) is 0 Å². The third-order valence-corrected chi connectivity index (χ3v) is 3.83. The molecule has 2 heterocycles. The van der Waals surface area contributed by atoms with E-state index in [4.69, 9.17) is 0 Å². The van der Waals surface area contributed by atoms with E-state index in [9.17, 15) is 0 Å². The van der Waals surface area contributed by atoms with Crippen LogP contribution < -0.4 is 0 Å². The van der Waals surface area contributed by atoms with Gasteiger partial charge in [-0.1, -0.05) is 52.3 Å². The van der Waals surface area contributed by atoms with E-state index < -0.39 is 0 Å². The van der Waals surface area contributed by atoms with Crippen LogP contribution in [0, 0.1) is 0 Å². The van der Waals surface area contributed by atoms with Crippen molar-refractivity contribution in [3.63, 3.8) is 0 Å². The van der Waals surface area contributed by atoms with Gasteiger partial charge in [-0.05, 0) is 29.7 Å². The first-order chi connectivity index (χ1) is 10.3. The average molecular weight is 337 g/mol. The highest BCUT2D eigenvalue weighted by Crippen LogP contribution is 2.21. The minimum atomic E-state index is 1.06. The van der Waals surface area contributed by atoms with E-state index in [0.29, 0.717) is 0 Å². The fourth-order valence-corrected chi connectivity index (χ4v) is 2.61. The molecule has 0 aliphatic heterocycles. The smallest absolute Gasteiger partial charge is 0.0701 e. The molecule has 21 heavy (non-hydrogen) atoms. The SMILES string of the molecule is Brc1cccc2cnccc12.c1ccc2ncccc2c1. The van der Waals surface area contributed by atoms with Crippen molar-refractivity contribution >= 4 is 37.6 Å². The summed E-state index contributed by atoms with van der Waals surface area (Å²) in [6.07, 6.45) is 5.47. The number of hydrogen-bond donors (Lipinski definition) is 0. The second kappa shape index (κ2) is 6.46. The van der Waals surface area contributed by atoms with Crippen molar-refractivity contribution in [2.24, 2.45) is 0 Å². The van der Waals surface area contributed by atoms with E-state index in [0.717, 1.165) is 9.99 Å². The number of hydrogen-bond acceptors (Lipinski definition) is 2. The minimum Gasteiger partial charge on any atom is -0.264 e. The van der Waals surface area contributed by atoms with Gasteiger partial charge in [-0.2, -0.15) is 0 Å². The Balaban J connectivity index is 0.000000126. The van der Waals surface area contributed by atoms with Gasteiger partial charge >= 0.3 is 0 Å². The predicted octanol–water partition coefficient (Wildman–Crippen LogP) is 5.23. The topological polar surface area (TPSA) is 25.8 Å². The van der Waals surface area contributed by atoms with Gasteiger partial charge in [0.05, 0.1) is 5.52 Å². The van der Waals surface area contributed by atoms with Gasteiger partial charge in [-0.15, -0.1) is 0 Å². The van der Waals surface area contributed by atoms with Gasteiger partial charge in [0.1, 0.15) is 0 Å². The largest absolute Gasteiger partial charge is 0.264 e. The first kappa shape index (κ1) is 13.7. The molecule has 0 saturated heterocycles. The lowest BCUT2D eigenvalue weighted by Gasteiger charge is -1.96. The van der Waals surface area contributed by atoms with Gasteiger partial charge in [-0.25, -0.2) is 0 Å². The summed E-state index contributed by atoms with van der Waals surface area (Å²) < 4.78 is 1.12. The molecule has 0 aliphatic rings. The van der Waals surface area contributed by atoms with Crippen LogP contribution >= 0.6 is 15.9 Å². The molecular weight excluding hydrogens is 324 g/mol. The number of aromatic nitrogens is 2. The lowest BCUT2D eigenvalue weighted by molar-refractivity contribution is 1.36. The number of rotatable bonds is 0. The van der Waals surface area contributed by atoms with Crippen LogP contribution in [-0.4, -0.2) is 9.97 Å². The molecule has 0 saturated carbocycles. The maximum Gasteiger partial charge on any atom is 0.0701 e. The maximum atomic E-state index is 4.18. The Morgan fingerprint density at radius 2 is 1.52 bits per heavy atom. The molecule has 0 unspecified atom stereocenters. The molecule has 2 aromatic heterocycles. The fourth-order valence-electron chi connectivity index (χ4n) is 2.10. The quantitative estimate of drug-likeness (QED) is 0.439. The number of para-hydroxylation sites is 1. The summed E-state index contributed by atoms with van der Waals surface area (Å²) in [6, 6.07) is 20.2. The van der Waals surface area contributed by atoms with E-state index in [1.165, 1.54) is 16.2 Å². The van der Waals surface area contributed by atoms with Crippen LogP contribution in [0.3, 0.4) is 0 Å². The summed E-state index contributed by atoms with van der Waals surface area (Å²) in [5.74, 6) is 0. The van der Waals surface area contributed by atoms with Gasteiger partial charge in [0.2, 0.25) is 0 Å². The van der Waals surface area contributed by atoms with Crippen LogP contribution in [0.15, 0.2) is 83.7 Å². The molecular formula is C18H13BrN2. The highest BCUT2D eigenvalue weighted by Gasteiger charge is 1.94. The number of fused-ring (bicyclic) bond motifs is 2. The molecule has 0 spiro atoms. The molecule has 102 valence electrons. The molecule has 3 heteroatoms. The zero-order valence-electron chi connectivity index (χ0n) is 11.3. The Labute approximate surface area is 131 Å². The van der Waals surface area contributed by atoms with Crippen LogP contribution in [0.1, 0.15) is 0 Å². The summed E-state index contributed by atoms with van der Waals surface area (Å²) >= 11 is 3.47. The zero-order valence-corrected chi connectivity index (χ0v) is 12.9. The molecule has 0 bridgehead atoms. The molecule has 2 aromatic carbocycles. The first-order valence-corrected chi connectivity index (χ1v) is 7.42. The third-order valence-electron chi connectivity index (χ3n) is 3.14. The number of halogens is 1. The van der Waals surface area contributed by atoms with E-state index >= 15 is 0 Å². The van der Waals surface area contributed by atoms with Gasteiger partial charge in [0, 0.05) is 33.8 Å². The molecule has 0 amide bonds. The van der Waals surface area contributed by atoms with Gasteiger partial charge in [-0.3, -0.25) is 9.97 Å². The second-order valence-corrected chi connectivity index (χ2v) is 5.39. The van der Waals surface area contributed by atoms with E-state index in [1.54, 1.807) is 6.20 Å². The monoisotopic (exact) mass is 336 g/mol. The summed E-state index contributed by atoms with van der Waals surface area (Å²) in [7, 11) is 0. The Morgan fingerprint density at radius 1 is 0.714 bits per heavy atom. The molecule has 0 fully saturated rings. The number of nitrogens with zero attached hydrogens (tertiary/aromatic N) is 2. The third kappa shape index (κ3) is 3.26. The number of benzene rings is 2. The van der Waals surface area contributed by atoms with Crippen LogP contribution in [0.4, 0.5) is 0 Å². The number of pyridine rings is 2. The summed E-state index contributed by atoms with van der Waals surface area (Å²) in [5, 5.41) is 3.58. The van der Waals surface area contributed by atoms with E-state index in [2.05, 4.69) is 38.0 Å². The molecule has 4 rings (SSSR count). The van der Waals surface area contributed by atoms with Crippen molar-refractivity contribution < 1.29 is 0 Å². The summed E-state index contributed by atoms with van der Waals surface area (Å²) in [4.78, 5) is 8.21. The van der Waals surface area contributed by atoms with Crippen LogP contribution in [0.25, 0.3) is 21.7 Å². The molecule has 0 radical (unpaired) electrons. The zero-order chi connectivity index (χ0) is 14.5. The Hall–Kier alpha value is -2.26. The Bertz CT molecular complexity index is 804. The fraction of sp³-hybridized carbons (Fsp3) is 0. The second-order valence-electron chi connectivity index (χ2n) is 4.53. The Morgan fingerprint density at radius 3 is 2.38 bits per heavy atom. The molecule has 2 nitrogen and oxygen atoms in total. The standard InChI is InChI=1S/C9H6BrN.C9H7N/c10-9-3-1-2-7-6-11-5-4-8(7)9;1-2-6-9-8(4-1)5-3-7-10-9/h1-6H;1-7H. The van der Waals surface area contributed by atoms with Crippen molar-refractivity contribution in [1.82, 2.24) is 9.97 Å². The van der Waals surface area contributed by atoms with Gasteiger partial charge in [0.25, 0.3) is 0 Å². The van der Waals surface area contributed by atoms with Crippen molar-refractivity contribution in [2.45, 2.75) is 0 Å². The average Bonchev–Trinajstić information content (AvgIpc) is 2.56. The van der Waals surface area contributed by atoms with Gasteiger partial charge in [0.15, 0.2) is 0 Å². The van der Waals surface area contributed by atoms with Crippen LogP contribution in [0.5, 0.6) is 0 Å². The van der Waals surface area contributed by atoms with Crippen molar-refractivity contribution in [3.8, 4) is 0 Å². The minimum absolute atomic E-state index is 1.06. The highest BCUT2D eigenvalue weighted by molar-refractivity contribution is 9.10. The molecule has 0 atom stereocenters. The van der Waals surface area contributed by atoms with E-state index in [1.807, 2.05) is 60.9 Å². The molecule has 0 N–H and O–H groups in total. The lowest BCUT2D eigenvalue weighted by atomic mass is 10.2. The highest BCUT2D eigenvalue weighted by atomic mass is 79.9. The molecule has 4 aromatic rings. The molecule has 0 aliphatic carbocycles. The Kier molecular flexibility index (Phi) is 4.22. The first-order valence-electron chi connectivity index (χ1n) is 6.62. The summed E-state index contributed by atoms with van der Waals surface area (Å²) in [6.45, 7) is 0. The predicted molar refractivity (Wildman–Crippen MR) is 91.2 cm³/mol. The van der Waals surface area contributed by atoms with E-state index in [-0.39, 0.29) is 0 Å². The normalized spacial score (nSPS) is 10.1. The van der Waals surface area contributed by atoms with Crippen LogP contribution in [-0.2, 0) is 0 Å². The van der Waals surface area contributed by atoms with Crippen molar-refractivity contribution in [3.05, 3.63) is 83.7 Å². The van der Waals surface area contributed by atoms with Gasteiger partial charge < -0.3 is 0 Å². The maximum absolute atomic E-state index is 4.18. The van der Waals surface area contributed by atoms with Crippen molar-refractivity contribution in [1.29, 1.82) is 0 Å².